The first-order valence-electron chi connectivity index (χ1n) is 10.2. The second kappa shape index (κ2) is 8.13. The van der Waals surface area contributed by atoms with Gasteiger partial charge in [-0.15, -0.1) is 0 Å². The maximum Gasteiger partial charge on any atom is 0.230 e. The molecule has 2 amide bonds. The van der Waals surface area contributed by atoms with E-state index < -0.39 is 0 Å². The SMILES string of the molecule is Cc1cccnc1NC(=O)C1CCCN(C(=O)C2CCCc3ccccc32)C1. The number of amides is 2. The largest absolute Gasteiger partial charge is 0.341 e. The van der Waals surface area contributed by atoms with Crippen LogP contribution in [0.25, 0.3) is 0 Å². The van der Waals surface area contributed by atoms with E-state index in [0.717, 1.165) is 44.2 Å². The Balaban J connectivity index is 1.45. The summed E-state index contributed by atoms with van der Waals surface area (Å²) in [6.07, 6.45) is 6.34. The van der Waals surface area contributed by atoms with E-state index in [4.69, 9.17) is 0 Å². The summed E-state index contributed by atoms with van der Waals surface area (Å²) in [6, 6.07) is 12.1. The Morgan fingerprint density at radius 3 is 2.82 bits per heavy atom. The van der Waals surface area contributed by atoms with Crippen LogP contribution in [-0.2, 0) is 16.0 Å². The van der Waals surface area contributed by atoms with Crippen LogP contribution in [0.2, 0.25) is 0 Å². The first kappa shape index (κ1) is 18.7. The Kier molecular flexibility index (Phi) is 5.42. The summed E-state index contributed by atoms with van der Waals surface area (Å²) < 4.78 is 0. The number of carbonyl (C=O) groups excluding carboxylic acids is 2. The number of anilines is 1. The fourth-order valence-corrected chi connectivity index (χ4v) is 4.46. The van der Waals surface area contributed by atoms with Crippen molar-refractivity contribution >= 4 is 17.6 Å². The highest BCUT2D eigenvalue weighted by Crippen LogP contribution is 2.34. The normalized spacial score (nSPS) is 21.7. The molecule has 0 saturated carbocycles. The number of pyridine rings is 1. The number of benzene rings is 1. The van der Waals surface area contributed by atoms with E-state index >= 15 is 0 Å². The second-order valence-electron chi connectivity index (χ2n) is 7.93. The van der Waals surface area contributed by atoms with E-state index in [1.54, 1.807) is 6.20 Å². The molecule has 1 N–H and O–H groups in total. The Labute approximate surface area is 166 Å². The van der Waals surface area contributed by atoms with Crippen LogP contribution in [0.1, 0.15) is 48.3 Å². The van der Waals surface area contributed by atoms with E-state index in [9.17, 15) is 9.59 Å². The number of hydrogen-bond donors (Lipinski definition) is 1. The molecule has 1 aromatic heterocycles. The zero-order valence-electron chi connectivity index (χ0n) is 16.4. The van der Waals surface area contributed by atoms with Gasteiger partial charge in [-0.2, -0.15) is 0 Å². The van der Waals surface area contributed by atoms with Gasteiger partial charge >= 0.3 is 0 Å². The van der Waals surface area contributed by atoms with Crippen molar-refractivity contribution in [3.63, 3.8) is 0 Å². The van der Waals surface area contributed by atoms with Crippen LogP contribution < -0.4 is 5.32 Å². The van der Waals surface area contributed by atoms with Crippen molar-refractivity contribution in [2.75, 3.05) is 18.4 Å². The molecule has 2 heterocycles. The number of fused-ring (bicyclic) bond motifs is 1. The summed E-state index contributed by atoms with van der Waals surface area (Å²) >= 11 is 0. The van der Waals surface area contributed by atoms with Crippen molar-refractivity contribution in [3.05, 3.63) is 59.3 Å². The predicted octanol–water partition coefficient (Wildman–Crippen LogP) is 3.69. The number of aromatic nitrogens is 1. The third-order valence-corrected chi connectivity index (χ3v) is 6.02. The lowest BCUT2D eigenvalue weighted by Crippen LogP contribution is -2.46. The average molecular weight is 377 g/mol. The number of rotatable bonds is 3. The lowest BCUT2D eigenvalue weighted by atomic mass is 9.81. The monoisotopic (exact) mass is 377 g/mol. The molecule has 146 valence electrons. The molecule has 0 bridgehead atoms. The number of likely N-dealkylation sites (tertiary alicyclic amines) is 1. The van der Waals surface area contributed by atoms with Crippen molar-refractivity contribution < 1.29 is 9.59 Å². The van der Waals surface area contributed by atoms with Crippen LogP contribution >= 0.6 is 0 Å². The number of nitrogens with zero attached hydrogens (tertiary/aromatic N) is 2. The third kappa shape index (κ3) is 3.79. The Morgan fingerprint density at radius 1 is 1.11 bits per heavy atom. The number of carbonyl (C=O) groups is 2. The zero-order chi connectivity index (χ0) is 19.5. The van der Waals surface area contributed by atoms with Crippen LogP contribution in [0.5, 0.6) is 0 Å². The van der Waals surface area contributed by atoms with Crippen LogP contribution in [0.3, 0.4) is 0 Å². The Morgan fingerprint density at radius 2 is 1.96 bits per heavy atom. The minimum atomic E-state index is -0.182. The molecule has 5 heteroatoms. The molecule has 1 saturated heterocycles. The standard InChI is InChI=1S/C23H27N3O2/c1-16-7-5-13-24-21(16)25-22(27)18-10-6-14-26(15-18)23(28)20-12-4-9-17-8-2-3-11-19(17)20/h2-3,5,7-8,11,13,18,20H,4,6,9-10,12,14-15H2,1H3,(H,24,25,27). The van der Waals surface area contributed by atoms with Gasteiger partial charge in [0, 0.05) is 19.3 Å². The Bertz CT molecular complexity index is 880. The minimum absolute atomic E-state index is 0.0386. The Hall–Kier alpha value is -2.69. The second-order valence-corrected chi connectivity index (χ2v) is 7.93. The summed E-state index contributed by atoms with van der Waals surface area (Å²) in [5.41, 5.74) is 3.41. The summed E-state index contributed by atoms with van der Waals surface area (Å²) in [7, 11) is 0. The number of piperidine rings is 1. The molecule has 28 heavy (non-hydrogen) atoms. The van der Waals surface area contributed by atoms with Crippen molar-refractivity contribution in [3.8, 4) is 0 Å². The molecule has 0 spiro atoms. The molecular formula is C23H27N3O2. The molecule has 5 nitrogen and oxygen atoms in total. The highest BCUT2D eigenvalue weighted by molar-refractivity contribution is 5.93. The first-order chi connectivity index (χ1) is 13.6. The molecule has 2 aliphatic rings. The lowest BCUT2D eigenvalue weighted by Gasteiger charge is -2.36. The van der Waals surface area contributed by atoms with Gasteiger partial charge in [0.05, 0.1) is 11.8 Å². The van der Waals surface area contributed by atoms with Crippen molar-refractivity contribution in [1.29, 1.82) is 0 Å². The van der Waals surface area contributed by atoms with E-state index in [-0.39, 0.29) is 23.7 Å². The van der Waals surface area contributed by atoms with Gasteiger partial charge in [0.1, 0.15) is 5.82 Å². The minimum Gasteiger partial charge on any atom is -0.341 e. The molecule has 4 rings (SSSR count). The van der Waals surface area contributed by atoms with Crippen LogP contribution in [0.4, 0.5) is 5.82 Å². The smallest absolute Gasteiger partial charge is 0.230 e. The summed E-state index contributed by atoms with van der Waals surface area (Å²) in [5, 5.41) is 2.95. The summed E-state index contributed by atoms with van der Waals surface area (Å²) in [4.78, 5) is 32.2. The van der Waals surface area contributed by atoms with Gasteiger partial charge in [-0.25, -0.2) is 4.98 Å². The van der Waals surface area contributed by atoms with E-state index in [1.807, 2.05) is 36.1 Å². The van der Waals surface area contributed by atoms with Gasteiger partial charge in [-0.3, -0.25) is 9.59 Å². The van der Waals surface area contributed by atoms with Crippen molar-refractivity contribution in [1.82, 2.24) is 9.88 Å². The molecule has 1 fully saturated rings. The summed E-state index contributed by atoms with van der Waals surface area (Å²) in [6.45, 7) is 3.17. The van der Waals surface area contributed by atoms with Crippen molar-refractivity contribution in [2.45, 2.75) is 44.9 Å². The maximum absolute atomic E-state index is 13.3. The molecule has 2 unspecified atom stereocenters. The molecule has 0 radical (unpaired) electrons. The van der Waals surface area contributed by atoms with Crippen LogP contribution in [-0.4, -0.2) is 34.8 Å². The fraction of sp³-hybridized carbons (Fsp3) is 0.435. The van der Waals surface area contributed by atoms with Gasteiger partial charge in [0.25, 0.3) is 0 Å². The molecule has 1 aromatic carbocycles. The van der Waals surface area contributed by atoms with Gasteiger partial charge in [0.2, 0.25) is 11.8 Å². The van der Waals surface area contributed by atoms with E-state index in [0.29, 0.717) is 12.4 Å². The molecule has 2 aromatic rings. The highest BCUT2D eigenvalue weighted by Gasteiger charge is 2.34. The average Bonchev–Trinajstić information content (AvgIpc) is 2.74. The number of nitrogens with one attached hydrogen (secondary N) is 1. The van der Waals surface area contributed by atoms with Crippen LogP contribution in [0.15, 0.2) is 42.6 Å². The van der Waals surface area contributed by atoms with Gasteiger partial charge in [-0.05, 0) is 61.8 Å². The van der Waals surface area contributed by atoms with Gasteiger partial charge in [0.15, 0.2) is 0 Å². The summed E-state index contributed by atoms with van der Waals surface area (Å²) in [5.74, 6) is 0.502. The predicted molar refractivity (Wildman–Crippen MR) is 109 cm³/mol. The van der Waals surface area contributed by atoms with E-state index in [1.165, 1.54) is 11.1 Å². The number of hydrogen-bond acceptors (Lipinski definition) is 3. The fourth-order valence-electron chi connectivity index (χ4n) is 4.46. The molecular weight excluding hydrogens is 350 g/mol. The maximum atomic E-state index is 13.3. The number of aryl methyl sites for hydroxylation is 2. The molecule has 2 atom stereocenters. The first-order valence-corrected chi connectivity index (χ1v) is 10.2. The quantitative estimate of drug-likeness (QED) is 0.887. The molecule has 1 aliphatic heterocycles. The van der Waals surface area contributed by atoms with E-state index in [2.05, 4.69) is 22.4 Å². The van der Waals surface area contributed by atoms with Gasteiger partial charge < -0.3 is 10.2 Å². The topological polar surface area (TPSA) is 62.3 Å². The molecule has 1 aliphatic carbocycles. The van der Waals surface area contributed by atoms with Crippen LogP contribution in [0, 0.1) is 12.8 Å². The van der Waals surface area contributed by atoms with Gasteiger partial charge in [-0.1, -0.05) is 30.3 Å². The zero-order valence-corrected chi connectivity index (χ0v) is 16.4. The third-order valence-electron chi connectivity index (χ3n) is 6.02. The van der Waals surface area contributed by atoms with Crippen molar-refractivity contribution in [2.24, 2.45) is 5.92 Å². The lowest BCUT2D eigenvalue weighted by molar-refractivity contribution is -0.136. The highest BCUT2D eigenvalue weighted by atomic mass is 16.2.